The molecule has 3 rings (SSSR count). The summed E-state index contributed by atoms with van der Waals surface area (Å²) in [4.78, 5) is 28.8. The van der Waals surface area contributed by atoms with E-state index in [2.05, 4.69) is 15.7 Å². The molecular formula is C18H16F2N4O2S. The molecule has 0 bridgehead atoms. The molecular weight excluding hydrogens is 374 g/mol. The lowest BCUT2D eigenvalue weighted by molar-refractivity contribution is -0.118. The number of hydrogen-bond donors (Lipinski definition) is 2. The number of nitrogens with one attached hydrogen (secondary N) is 2. The number of benzene rings is 2. The van der Waals surface area contributed by atoms with E-state index in [1.54, 1.807) is 24.3 Å². The smallest absolute Gasteiger partial charge is 0.292 e. The number of thioether (sulfide) groups is 1. The van der Waals surface area contributed by atoms with Gasteiger partial charge in [-0.15, -0.1) is 0 Å². The van der Waals surface area contributed by atoms with Gasteiger partial charge in [0.2, 0.25) is 5.84 Å². The van der Waals surface area contributed by atoms with Crippen LogP contribution in [0.3, 0.4) is 0 Å². The number of alkyl halides is 2. The van der Waals surface area contributed by atoms with Gasteiger partial charge in [0.1, 0.15) is 6.54 Å². The van der Waals surface area contributed by atoms with Crippen LogP contribution in [0.2, 0.25) is 0 Å². The maximum atomic E-state index is 12.7. The summed E-state index contributed by atoms with van der Waals surface area (Å²) in [5.41, 5.74) is 4.53. The van der Waals surface area contributed by atoms with Gasteiger partial charge in [-0.1, -0.05) is 41.6 Å². The Kier molecular flexibility index (Phi) is 5.70. The number of amidine groups is 1. The van der Waals surface area contributed by atoms with Crippen LogP contribution in [0.1, 0.15) is 5.56 Å². The number of carbonyl (C=O) groups is 2. The maximum Gasteiger partial charge on any atom is 0.292 e. The predicted octanol–water partition coefficient (Wildman–Crippen LogP) is 3.20. The molecule has 2 aromatic rings. The molecule has 2 aromatic carbocycles. The second-order valence-corrected chi connectivity index (χ2v) is 6.70. The molecule has 0 fully saturated rings. The van der Waals surface area contributed by atoms with Crippen molar-refractivity contribution >= 4 is 40.8 Å². The molecule has 2 amide bonds. The van der Waals surface area contributed by atoms with Gasteiger partial charge in [-0.3, -0.25) is 20.0 Å². The maximum absolute atomic E-state index is 12.7. The number of anilines is 2. The third kappa shape index (κ3) is 4.62. The van der Waals surface area contributed by atoms with Crippen molar-refractivity contribution < 1.29 is 18.4 Å². The van der Waals surface area contributed by atoms with Crippen molar-refractivity contribution in [3.8, 4) is 0 Å². The molecule has 6 nitrogen and oxygen atoms in total. The van der Waals surface area contributed by atoms with Crippen LogP contribution in [-0.4, -0.2) is 30.0 Å². The summed E-state index contributed by atoms with van der Waals surface area (Å²) >= 11 is 0.340. The number of aliphatic imine (C=N–C) groups is 1. The first kappa shape index (κ1) is 18.8. The van der Waals surface area contributed by atoms with E-state index in [-0.39, 0.29) is 28.9 Å². The lowest BCUT2D eigenvalue weighted by Gasteiger charge is -2.27. The molecule has 27 heavy (non-hydrogen) atoms. The van der Waals surface area contributed by atoms with Gasteiger partial charge in [0.05, 0.1) is 11.4 Å². The summed E-state index contributed by atoms with van der Waals surface area (Å²) in [6.07, 6.45) is 0. The molecule has 0 saturated carbocycles. The third-order valence-electron chi connectivity index (χ3n) is 3.70. The van der Waals surface area contributed by atoms with Gasteiger partial charge < -0.3 is 5.32 Å². The number of hydrazine groups is 1. The van der Waals surface area contributed by atoms with E-state index in [0.29, 0.717) is 17.4 Å². The highest BCUT2D eigenvalue weighted by Crippen LogP contribution is 2.31. The highest BCUT2D eigenvalue weighted by molar-refractivity contribution is 7.99. The Bertz CT molecular complexity index is 887. The van der Waals surface area contributed by atoms with Gasteiger partial charge in [0.25, 0.3) is 17.6 Å². The predicted molar refractivity (Wildman–Crippen MR) is 101 cm³/mol. The van der Waals surface area contributed by atoms with Crippen molar-refractivity contribution in [2.45, 2.75) is 17.6 Å². The third-order valence-corrected chi connectivity index (χ3v) is 4.49. The molecule has 140 valence electrons. The lowest BCUT2D eigenvalue weighted by atomic mass is 10.2. The van der Waals surface area contributed by atoms with Crippen molar-refractivity contribution in [1.29, 1.82) is 0 Å². The molecule has 0 unspecified atom stereocenters. The van der Waals surface area contributed by atoms with Crippen molar-refractivity contribution in [1.82, 2.24) is 5.43 Å². The zero-order valence-electron chi connectivity index (χ0n) is 14.3. The van der Waals surface area contributed by atoms with E-state index < -0.39 is 11.7 Å². The molecule has 9 heteroatoms. The fourth-order valence-corrected chi connectivity index (χ4v) is 2.99. The van der Waals surface area contributed by atoms with E-state index in [4.69, 9.17) is 0 Å². The number of carbonyl (C=O) groups excluding carboxylic acids is 2. The van der Waals surface area contributed by atoms with Gasteiger partial charge >= 0.3 is 0 Å². The van der Waals surface area contributed by atoms with Crippen LogP contribution in [-0.2, 0) is 9.59 Å². The second kappa shape index (κ2) is 8.17. The zero-order chi connectivity index (χ0) is 19.4. The summed E-state index contributed by atoms with van der Waals surface area (Å²) in [7, 11) is 0. The average Bonchev–Trinajstić information content (AvgIpc) is 2.64. The Morgan fingerprint density at radius 2 is 1.93 bits per heavy atom. The number of amides is 2. The Labute approximate surface area is 158 Å². The number of aryl methyl sites for hydroxylation is 1. The van der Waals surface area contributed by atoms with Gasteiger partial charge in [0, 0.05) is 4.90 Å². The zero-order valence-corrected chi connectivity index (χ0v) is 15.1. The Balaban J connectivity index is 1.76. The Morgan fingerprint density at radius 1 is 1.22 bits per heavy atom. The summed E-state index contributed by atoms with van der Waals surface area (Å²) in [6.45, 7) is 1.72. The number of rotatable bonds is 5. The van der Waals surface area contributed by atoms with E-state index in [9.17, 15) is 18.4 Å². The molecule has 1 aliphatic heterocycles. The van der Waals surface area contributed by atoms with E-state index in [1.807, 2.05) is 19.1 Å². The van der Waals surface area contributed by atoms with Crippen LogP contribution >= 0.6 is 11.8 Å². The standard InChI is InChI=1S/C18H16F2N4O2S/c1-11-6-8-12(9-7-11)24-15(25)10-21-16(23-24)17(26)22-13-4-2-3-5-14(13)27-18(19)20/h2-9,18H,10H2,1H3,(H,21,23)(H,22,26). The van der Waals surface area contributed by atoms with Gasteiger partial charge in [-0.05, 0) is 31.2 Å². The molecule has 0 atom stereocenters. The molecule has 2 N–H and O–H groups in total. The summed E-state index contributed by atoms with van der Waals surface area (Å²) in [5.74, 6) is -3.62. The lowest BCUT2D eigenvalue weighted by Crippen LogP contribution is -2.54. The molecule has 1 heterocycles. The normalized spacial score (nSPS) is 14.0. The molecule has 0 aliphatic carbocycles. The summed E-state index contributed by atoms with van der Waals surface area (Å²) < 4.78 is 25.3. The van der Waals surface area contributed by atoms with Crippen LogP contribution < -0.4 is 15.8 Å². The first-order chi connectivity index (χ1) is 12.9. The first-order valence-electron chi connectivity index (χ1n) is 8.00. The van der Waals surface area contributed by atoms with Crippen molar-refractivity contribution in [2.75, 3.05) is 16.9 Å². The van der Waals surface area contributed by atoms with Crippen molar-refractivity contribution in [2.24, 2.45) is 4.99 Å². The number of hydrogen-bond acceptors (Lipinski definition) is 5. The highest BCUT2D eigenvalue weighted by atomic mass is 32.2. The van der Waals surface area contributed by atoms with Crippen molar-refractivity contribution in [3.05, 3.63) is 54.1 Å². The van der Waals surface area contributed by atoms with E-state index in [0.717, 1.165) is 5.56 Å². The summed E-state index contributed by atoms with van der Waals surface area (Å²) in [5, 5.41) is 3.79. The highest BCUT2D eigenvalue weighted by Gasteiger charge is 2.26. The molecule has 0 saturated heterocycles. The van der Waals surface area contributed by atoms with E-state index >= 15 is 0 Å². The van der Waals surface area contributed by atoms with Crippen LogP contribution in [0.5, 0.6) is 0 Å². The Morgan fingerprint density at radius 3 is 2.63 bits per heavy atom. The van der Waals surface area contributed by atoms with Crippen LogP contribution in [0.15, 0.2) is 58.4 Å². The quantitative estimate of drug-likeness (QED) is 0.769. The number of halogens is 2. The molecule has 0 radical (unpaired) electrons. The van der Waals surface area contributed by atoms with Gasteiger partial charge in [-0.2, -0.15) is 8.78 Å². The number of para-hydroxylation sites is 1. The fraction of sp³-hybridized carbons (Fsp3) is 0.167. The fourth-order valence-electron chi connectivity index (χ4n) is 2.40. The van der Waals surface area contributed by atoms with E-state index in [1.165, 1.54) is 17.1 Å². The average molecular weight is 390 g/mol. The topological polar surface area (TPSA) is 73.8 Å². The molecule has 0 spiro atoms. The molecule has 1 aliphatic rings. The SMILES string of the molecule is Cc1ccc(N2NC(C(=O)Nc3ccccc3SC(F)F)=NCC2=O)cc1. The largest absolute Gasteiger partial charge is 0.318 e. The summed E-state index contributed by atoms with van der Waals surface area (Å²) in [6, 6.07) is 13.4. The van der Waals surface area contributed by atoms with Crippen LogP contribution in [0.4, 0.5) is 20.2 Å². The van der Waals surface area contributed by atoms with Gasteiger partial charge in [-0.25, -0.2) is 5.01 Å². The minimum atomic E-state index is -2.61. The number of nitrogens with zero attached hydrogens (tertiary/aromatic N) is 2. The molecule has 0 aromatic heterocycles. The Hall–Kier alpha value is -2.94. The second-order valence-electron chi connectivity index (χ2n) is 5.67. The van der Waals surface area contributed by atoms with Crippen LogP contribution in [0, 0.1) is 6.92 Å². The van der Waals surface area contributed by atoms with Crippen LogP contribution in [0.25, 0.3) is 0 Å². The van der Waals surface area contributed by atoms with Gasteiger partial charge in [0.15, 0.2) is 0 Å². The minimum absolute atomic E-state index is 0.0768. The minimum Gasteiger partial charge on any atom is -0.318 e. The monoisotopic (exact) mass is 390 g/mol. The van der Waals surface area contributed by atoms with Crippen molar-refractivity contribution in [3.63, 3.8) is 0 Å². The first-order valence-corrected chi connectivity index (χ1v) is 8.88.